The molecule has 2 rings (SSSR count). The van der Waals surface area contributed by atoms with E-state index in [4.69, 9.17) is 21.9 Å². The van der Waals surface area contributed by atoms with Gasteiger partial charge in [-0.25, -0.2) is 0 Å². The number of rotatable bonds is 4. The molecule has 0 radical (unpaired) electrons. The van der Waals surface area contributed by atoms with Crippen molar-refractivity contribution in [2.75, 3.05) is 0 Å². The molecule has 0 saturated carbocycles. The van der Waals surface area contributed by atoms with Crippen LogP contribution in [0.25, 0.3) is 11.5 Å². The summed E-state index contributed by atoms with van der Waals surface area (Å²) in [5.41, 5.74) is 6.57. The lowest BCUT2D eigenvalue weighted by atomic mass is 10.1. The molecule has 2 aromatic rings. The van der Waals surface area contributed by atoms with E-state index in [1.165, 1.54) is 0 Å². The van der Waals surface area contributed by atoms with Crippen LogP contribution in [0.3, 0.4) is 0 Å². The maximum absolute atomic E-state index is 6.17. The van der Waals surface area contributed by atoms with Gasteiger partial charge in [0.1, 0.15) is 0 Å². The Bertz CT molecular complexity index is 544. The molecular weight excluding hydrogens is 318 g/mol. The van der Waals surface area contributed by atoms with Gasteiger partial charge in [0.2, 0.25) is 0 Å². The Labute approximate surface area is 119 Å². The zero-order chi connectivity index (χ0) is 13.1. The van der Waals surface area contributed by atoms with E-state index in [0.29, 0.717) is 23.2 Å². The normalized spacial score (nSPS) is 12.7. The summed E-state index contributed by atoms with van der Waals surface area (Å²) in [4.78, 5) is 4.31. The molecule has 4 nitrogen and oxygen atoms in total. The van der Waals surface area contributed by atoms with Crippen molar-refractivity contribution in [3.63, 3.8) is 0 Å². The third-order valence-corrected chi connectivity index (χ3v) is 3.92. The molecule has 0 fully saturated rings. The van der Waals surface area contributed by atoms with Gasteiger partial charge < -0.3 is 10.3 Å². The van der Waals surface area contributed by atoms with Gasteiger partial charge in [-0.3, -0.25) is 0 Å². The molecule has 6 heteroatoms. The van der Waals surface area contributed by atoms with Crippen molar-refractivity contribution in [1.29, 1.82) is 0 Å². The molecule has 0 aliphatic heterocycles. The summed E-state index contributed by atoms with van der Waals surface area (Å²) in [6, 6.07) is 5.61. The summed E-state index contributed by atoms with van der Waals surface area (Å²) < 4.78 is 6.01. The monoisotopic (exact) mass is 329 g/mol. The smallest absolute Gasteiger partial charge is 0.259 e. The van der Waals surface area contributed by atoms with Crippen LogP contribution < -0.4 is 5.73 Å². The minimum Gasteiger partial charge on any atom is -0.334 e. The van der Waals surface area contributed by atoms with Crippen molar-refractivity contribution in [1.82, 2.24) is 10.1 Å². The van der Waals surface area contributed by atoms with Gasteiger partial charge in [0.15, 0.2) is 5.82 Å². The third-order valence-electron chi connectivity index (χ3n) is 2.62. The molecule has 1 atom stereocenters. The van der Waals surface area contributed by atoms with Gasteiger partial charge in [-0.05, 0) is 34.5 Å². The molecule has 1 aromatic heterocycles. The van der Waals surface area contributed by atoms with Crippen molar-refractivity contribution in [3.05, 3.63) is 33.5 Å². The summed E-state index contributed by atoms with van der Waals surface area (Å²) in [7, 11) is 0. The van der Waals surface area contributed by atoms with Crippen molar-refractivity contribution in [3.8, 4) is 11.5 Å². The maximum Gasteiger partial charge on any atom is 0.259 e. The minimum absolute atomic E-state index is 0.0495. The van der Waals surface area contributed by atoms with Crippen LogP contribution >= 0.6 is 27.5 Å². The van der Waals surface area contributed by atoms with E-state index in [0.717, 1.165) is 16.5 Å². The molecule has 1 unspecified atom stereocenters. The van der Waals surface area contributed by atoms with Crippen LogP contribution in [-0.4, -0.2) is 16.2 Å². The highest BCUT2D eigenvalue weighted by Gasteiger charge is 2.14. The number of nitrogens with zero attached hydrogens (tertiary/aromatic N) is 2. The van der Waals surface area contributed by atoms with Gasteiger partial charge in [0.25, 0.3) is 5.89 Å². The second-order valence-electron chi connectivity index (χ2n) is 3.99. The van der Waals surface area contributed by atoms with E-state index in [2.05, 4.69) is 26.1 Å². The molecule has 96 valence electrons. The molecular formula is C12H13BrClN3O. The summed E-state index contributed by atoms with van der Waals surface area (Å²) in [5.74, 6) is 1.02. The van der Waals surface area contributed by atoms with Crippen LogP contribution in [0, 0.1) is 0 Å². The second kappa shape index (κ2) is 5.82. The van der Waals surface area contributed by atoms with Gasteiger partial charge >= 0.3 is 0 Å². The molecule has 2 N–H and O–H groups in total. The highest BCUT2D eigenvalue weighted by Crippen LogP contribution is 2.32. The van der Waals surface area contributed by atoms with Crippen molar-refractivity contribution < 1.29 is 4.52 Å². The molecule has 0 saturated heterocycles. The fraction of sp³-hybridized carbons (Fsp3) is 0.333. The maximum atomic E-state index is 6.17. The number of hydrogen-bond acceptors (Lipinski definition) is 4. The Morgan fingerprint density at radius 1 is 1.50 bits per heavy atom. The predicted octanol–water partition coefficient (Wildman–Crippen LogP) is 3.43. The fourth-order valence-electron chi connectivity index (χ4n) is 1.49. The zero-order valence-corrected chi connectivity index (χ0v) is 12.2. The lowest BCUT2D eigenvalue weighted by Crippen LogP contribution is -2.21. The van der Waals surface area contributed by atoms with E-state index < -0.39 is 0 Å². The lowest BCUT2D eigenvalue weighted by Gasteiger charge is -2.03. The Balaban J connectivity index is 2.27. The number of aromatic nitrogens is 2. The van der Waals surface area contributed by atoms with Crippen molar-refractivity contribution in [2.45, 2.75) is 25.8 Å². The summed E-state index contributed by atoms with van der Waals surface area (Å²) in [6.45, 7) is 2.02. The number of halogens is 2. The Morgan fingerprint density at radius 3 is 3.00 bits per heavy atom. The van der Waals surface area contributed by atoms with Gasteiger partial charge in [-0.2, -0.15) is 4.98 Å². The van der Waals surface area contributed by atoms with Crippen LogP contribution in [0.4, 0.5) is 0 Å². The molecule has 0 aliphatic carbocycles. The number of benzene rings is 1. The topological polar surface area (TPSA) is 64.9 Å². The van der Waals surface area contributed by atoms with Gasteiger partial charge in [0, 0.05) is 16.9 Å². The van der Waals surface area contributed by atoms with Gasteiger partial charge in [-0.1, -0.05) is 29.7 Å². The second-order valence-corrected chi connectivity index (χ2v) is 5.22. The largest absolute Gasteiger partial charge is 0.334 e. The van der Waals surface area contributed by atoms with Crippen molar-refractivity contribution in [2.24, 2.45) is 5.73 Å². The van der Waals surface area contributed by atoms with Gasteiger partial charge in [0.05, 0.1) is 10.6 Å². The molecule has 0 spiro atoms. The highest BCUT2D eigenvalue weighted by molar-refractivity contribution is 9.10. The molecule has 18 heavy (non-hydrogen) atoms. The average molecular weight is 331 g/mol. The minimum atomic E-state index is 0.0495. The van der Waals surface area contributed by atoms with E-state index in [-0.39, 0.29) is 6.04 Å². The van der Waals surface area contributed by atoms with Crippen LogP contribution in [0.15, 0.2) is 27.2 Å². The number of hydrogen-bond donors (Lipinski definition) is 1. The molecule has 0 bridgehead atoms. The Hall–Kier alpha value is -0.910. The van der Waals surface area contributed by atoms with Crippen LogP contribution in [0.5, 0.6) is 0 Å². The first-order chi connectivity index (χ1) is 8.61. The predicted molar refractivity (Wildman–Crippen MR) is 74.4 cm³/mol. The molecule has 1 heterocycles. The van der Waals surface area contributed by atoms with E-state index >= 15 is 0 Å². The van der Waals surface area contributed by atoms with Crippen LogP contribution in [0.2, 0.25) is 5.02 Å². The first-order valence-electron chi connectivity index (χ1n) is 5.64. The summed E-state index contributed by atoms with van der Waals surface area (Å²) in [6.07, 6.45) is 1.48. The SMILES string of the molecule is CCC(N)Cc1noc(-c2cccc(Br)c2Cl)n1. The summed E-state index contributed by atoms with van der Waals surface area (Å²) in [5, 5.41) is 4.47. The molecule has 0 aliphatic rings. The van der Waals surface area contributed by atoms with E-state index in [9.17, 15) is 0 Å². The number of nitrogens with two attached hydrogens (primary N) is 1. The Kier molecular flexibility index (Phi) is 4.37. The van der Waals surface area contributed by atoms with E-state index in [1.807, 2.05) is 25.1 Å². The zero-order valence-electron chi connectivity index (χ0n) is 9.86. The van der Waals surface area contributed by atoms with Crippen molar-refractivity contribution >= 4 is 27.5 Å². The van der Waals surface area contributed by atoms with E-state index in [1.54, 1.807) is 0 Å². The quantitative estimate of drug-likeness (QED) is 0.932. The van der Waals surface area contributed by atoms with Crippen LogP contribution in [0.1, 0.15) is 19.2 Å². The average Bonchev–Trinajstić information content (AvgIpc) is 2.80. The summed E-state index contributed by atoms with van der Waals surface area (Å²) >= 11 is 9.53. The standard InChI is InChI=1S/C12H13BrClN3O/c1-2-7(15)6-10-16-12(18-17-10)8-4-3-5-9(13)11(8)14/h3-5,7H,2,6,15H2,1H3. The highest BCUT2D eigenvalue weighted by atomic mass is 79.9. The Morgan fingerprint density at radius 2 is 2.28 bits per heavy atom. The first kappa shape index (κ1) is 13.5. The first-order valence-corrected chi connectivity index (χ1v) is 6.81. The van der Waals surface area contributed by atoms with Crippen LogP contribution in [-0.2, 0) is 6.42 Å². The lowest BCUT2D eigenvalue weighted by molar-refractivity contribution is 0.419. The van der Waals surface area contributed by atoms with Gasteiger partial charge in [-0.15, -0.1) is 0 Å². The molecule has 0 amide bonds. The fourth-order valence-corrected chi connectivity index (χ4v) is 2.07. The third kappa shape index (κ3) is 2.91. The molecule has 1 aromatic carbocycles.